The van der Waals surface area contributed by atoms with Gasteiger partial charge in [0.15, 0.2) is 0 Å². The van der Waals surface area contributed by atoms with Crippen LogP contribution in [0.5, 0.6) is 0 Å². The molecule has 106 valence electrons. The number of allylic oxidation sites excluding steroid dienone is 1. The smallest absolute Gasteiger partial charge is 0.261 e. The molecule has 0 heterocycles. The quantitative estimate of drug-likeness (QED) is 0.524. The van der Waals surface area contributed by atoms with Crippen molar-refractivity contribution >= 4 is 8.32 Å². The fourth-order valence-corrected chi connectivity index (χ4v) is 3.00. The van der Waals surface area contributed by atoms with Crippen LogP contribution in [0.25, 0.3) is 0 Å². The predicted octanol–water partition coefficient (Wildman–Crippen LogP) is 5.08. The van der Waals surface area contributed by atoms with E-state index < -0.39 is 8.32 Å². The Morgan fingerprint density at radius 3 is 2.11 bits per heavy atom. The highest BCUT2D eigenvalue weighted by Crippen LogP contribution is 2.38. The third-order valence-electron chi connectivity index (χ3n) is 4.38. The van der Waals surface area contributed by atoms with E-state index in [-0.39, 0.29) is 5.04 Å². The summed E-state index contributed by atoms with van der Waals surface area (Å²) in [5.41, 5.74) is 0. The van der Waals surface area contributed by atoms with E-state index in [4.69, 9.17) is 9.16 Å². The summed E-state index contributed by atoms with van der Waals surface area (Å²) in [7, 11) is -0.0428. The summed E-state index contributed by atoms with van der Waals surface area (Å²) < 4.78 is 11.7. The molecule has 3 heteroatoms. The Morgan fingerprint density at radius 1 is 1.11 bits per heavy atom. The van der Waals surface area contributed by atoms with E-state index in [2.05, 4.69) is 39.9 Å². The molecule has 0 atom stereocenters. The second-order valence-electron chi connectivity index (χ2n) is 6.95. The van der Waals surface area contributed by atoms with Crippen molar-refractivity contribution in [1.29, 1.82) is 0 Å². The second kappa shape index (κ2) is 6.13. The Bertz CT molecular complexity index is 283. The molecular formula is C15H30O2Si. The molecule has 0 aliphatic heterocycles. The molecule has 0 radical (unpaired) electrons. The second-order valence-corrected chi connectivity index (χ2v) is 11.7. The van der Waals surface area contributed by atoms with E-state index >= 15 is 0 Å². The lowest BCUT2D eigenvalue weighted by Crippen LogP contribution is -2.40. The molecule has 1 saturated carbocycles. The van der Waals surface area contributed by atoms with Crippen molar-refractivity contribution in [3.8, 4) is 0 Å². The minimum atomic E-state index is -1.77. The Hall–Kier alpha value is -0.443. The van der Waals surface area contributed by atoms with Gasteiger partial charge >= 0.3 is 0 Å². The van der Waals surface area contributed by atoms with Crippen LogP contribution in [-0.4, -0.2) is 15.4 Å². The van der Waals surface area contributed by atoms with Gasteiger partial charge in [0, 0.05) is 0 Å². The Labute approximate surface area is 114 Å². The number of methoxy groups -OCH3 is 1. The van der Waals surface area contributed by atoms with Crippen molar-refractivity contribution in [2.75, 3.05) is 7.11 Å². The first kappa shape index (κ1) is 15.6. The lowest BCUT2D eigenvalue weighted by atomic mass is 9.89. The average molecular weight is 270 g/mol. The fraction of sp³-hybridized carbons (Fsp3) is 0.867. The molecule has 1 rings (SSSR count). The average Bonchev–Trinajstić information content (AvgIpc) is 2.27. The summed E-state index contributed by atoms with van der Waals surface area (Å²) in [6.45, 7) is 11.3. The zero-order valence-corrected chi connectivity index (χ0v) is 14.0. The van der Waals surface area contributed by atoms with Crippen LogP contribution in [0.3, 0.4) is 0 Å². The van der Waals surface area contributed by atoms with E-state index in [0.29, 0.717) is 5.92 Å². The number of hydrogen-bond donors (Lipinski definition) is 0. The van der Waals surface area contributed by atoms with Crippen LogP contribution in [0.1, 0.15) is 52.9 Å². The first-order chi connectivity index (χ1) is 8.26. The normalized spacial score (nSPS) is 19.8. The third-order valence-corrected chi connectivity index (χ3v) is 8.71. The van der Waals surface area contributed by atoms with Gasteiger partial charge in [0.25, 0.3) is 14.3 Å². The van der Waals surface area contributed by atoms with Gasteiger partial charge in [-0.3, -0.25) is 0 Å². The van der Waals surface area contributed by atoms with Crippen molar-refractivity contribution in [1.82, 2.24) is 0 Å². The molecule has 0 aromatic rings. The Kier molecular flexibility index (Phi) is 5.32. The van der Waals surface area contributed by atoms with E-state index in [1.807, 2.05) is 0 Å². The molecule has 18 heavy (non-hydrogen) atoms. The van der Waals surface area contributed by atoms with Gasteiger partial charge in [0.05, 0.1) is 7.11 Å². The predicted molar refractivity (Wildman–Crippen MR) is 79.9 cm³/mol. The minimum Gasteiger partial charge on any atom is -0.519 e. The molecule has 0 aromatic carbocycles. The molecule has 0 N–H and O–H groups in total. The molecule has 1 aliphatic rings. The van der Waals surface area contributed by atoms with Gasteiger partial charge in [-0.25, -0.2) is 0 Å². The Balaban J connectivity index is 2.68. The van der Waals surface area contributed by atoms with Gasteiger partial charge in [0.2, 0.25) is 0 Å². The number of rotatable bonds is 4. The molecule has 0 spiro atoms. The van der Waals surface area contributed by atoms with Crippen molar-refractivity contribution in [3.05, 3.63) is 12.0 Å². The molecule has 0 saturated heterocycles. The molecule has 1 aliphatic carbocycles. The molecular weight excluding hydrogens is 240 g/mol. The summed E-state index contributed by atoms with van der Waals surface area (Å²) in [5.74, 6) is 1.41. The lowest BCUT2D eigenvalue weighted by Gasteiger charge is -2.36. The van der Waals surface area contributed by atoms with Crippen LogP contribution in [0, 0.1) is 5.92 Å². The van der Waals surface area contributed by atoms with Gasteiger partial charge in [-0.2, -0.15) is 0 Å². The maximum Gasteiger partial charge on any atom is 0.261 e. The van der Waals surface area contributed by atoms with Crippen molar-refractivity contribution in [3.63, 3.8) is 0 Å². The van der Waals surface area contributed by atoms with Crippen LogP contribution in [0.4, 0.5) is 0 Å². The monoisotopic (exact) mass is 270 g/mol. The van der Waals surface area contributed by atoms with Crippen LogP contribution in [-0.2, 0) is 9.16 Å². The van der Waals surface area contributed by atoms with Crippen molar-refractivity contribution in [2.45, 2.75) is 71.0 Å². The fourth-order valence-electron chi connectivity index (χ4n) is 2.04. The highest BCUT2D eigenvalue weighted by atomic mass is 28.4. The van der Waals surface area contributed by atoms with E-state index in [9.17, 15) is 0 Å². The van der Waals surface area contributed by atoms with Crippen LogP contribution >= 0.6 is 0 Å². The zero-order chi connectivity index (χ0) is 13.8. The van der Waals surface area contributed by atoms with Gasteiger partial charge in [-0.15, -0.1) is 0 Å². The topological polar surface area (TPSA) is 18.5 Å². The van der Waals surface area contributed by atoms with Gasteiger partial charge in [-0.05, 0) is 43.0 Å². The highest BCUT2D eigenvalue weighted by molar-refractivity contribution is 6.74. The van der Waals surface area contributed by atoms with Crippen molar-refractivity contribution in [2.24, 2.45) is 5.92 Å². The van der Waals surface area contributed by atoms with E-state index in [1.165, 1.54) is 32.1 Å². The molecule has 1 fully saturated rings. The number of ether oxygens (including phenoxy) is 1. The van der Waals surface area contributed by atoms with Gasteiger partial charge in [-0.1, -0.05) is 40.0 Å². The molecule has 0 aromatic heterocycles. The first-order valence-electron chi connectivity index (χ1n) is 7.21. The van der Waals surface area contributed by atoms with Crippen molar-refractivity contribution < 1.29 is 9.16 Å². The van der Waals surface area contributed by atoms with E-state index in [1.54, 1.807) is 7.11 Å². The Morgan fingerprint density at radius 2 is 1.67 bits per heavy atom. The maximum atomic E-state index is 6.23. The van der Waals surface area contributed by atoms with Crippen LogP contribution in [0.2, 0.25) is 18.1 Å². The highest BCUT2D eigenvalue weighted by Gasteiger charge is 2.39. The summed E-state index contributed by atoms with van der Waals surface area (Å²) in [6.07, 6.45) is 8.87. The largest absolute Gasteiger partial charge is 0.519 e. The maximum absolute atomic E-state index is 6.23. The van der Waals surface area contributed by atoms with Gasteiger partial charge < -0.3 is 9.16 Å². The molecule has 0 bridgehead atoms. The standard InChI is InChI=1S/C15H30O2Si/c1-15(2,3)18(5,6)17-14(16-4)12-13-10-8-7-9-11-13/h12-13H,7-11H2,1-6H3/b14-12-. The van der Waals surface area contributed by atoms with Crippen LogP contribution < -0.4 is 0 Å². The molecule has 0 unspecified atom stereocenters. The summed E-state index contributed by atoms with van der Waals surface area (Å²) in [5, 5.41) is 0.219. The lowest BCUT2D eigenvalue weighted by molar-refractivity contribution is 0.135. The minimum absolute atomic E-state index is 0.219. The molecule has 0 amide bonds. The van der Waals surface area contributed by atoms with Crippen LogP contribution in [0.15, 0.2) is 12.0 Å². The summed E-state index contributed by atoms with van der Waals surface area (Å²) in [6, 6.07) is 0. The van der Waals surface area contributed by atoms with E-state index in [0.717, 1.165) is 5.95 Å². The molecule has 2 nitrogen and oxygen atoms in total. The summed E-state index contributed by atoms with van der Waals surface area (Å²) in [4.78, 5) is 0. The number of hydrogen-bond acceptors (Lipinski definition) is 2. The SMILES string of the molecule is CO/C(=C/C1CCCCC1)O[Si](C)(C)C(C)(C)C. The first-order valence-corrected chi connectivity index (χ1v) is 10.1. The zero-order valence-electron chi connectivity index (χ0n) is 13.0. The van der Waals surface area contributed by atoms with Gasteiger partial charge in [0.1, 0.15) is 0 Å². The third kappa shape index (κ3) is 4.34. The summed E-state index contributed by atoms with van der Waals surface area (Å²) >= 11 is 0.